The van der Waals surface area contributed by atoms with E-state index in [9.17, 15) is 9.50 Å². The highest BCUT2D eigenvalue weighted by molar-refractivity contribution is 7.98. The van der Waals surface area contributed by atoms with Crippen LogP contribution in [0.4, 0.5) is 4.39 Å². The average Bonchev–Trinajstić information content (AvgIpc) is 2.29. The van der Waals surface area contributed by atoms with Gasteiger partial charge in [-0.25, -0.2) is 4.39 Å². The summed E-state index contributed by atoms with van der Waals surface area (Å²) in [6.45, 7) is 2.78. The first kappa shape index (κ1) is 15.3. The summed E-state index contributed by atoms with van der Waals surface area (Å²) in [5, 5.41) is 13.1. The minimum atomic E-state index is -0.746. The van der Waals surface area contributed by atoms with E-state index in [1.54, 1.807) is 30.8 Å². The third-order valence-electron chi connectivity index (χ3n) is 2.51. The predicted octanol–water partition coefficient (Wildman–Crippen LogP) is 2.04. The summed E-state index contributed by atoms with van der Waals surface area (Å²) in [5.41, 5.74) is 0.0815. The summed E-state index contributed by atoms with van der Waals surface area (Å²) in [4.78, 5) is 0. The van der Waals surface area contributed by atoms with E-state index in [0.29, 0.717) is 18.8 Å². The van der Waals surface area contributed by atoms with Crippen LogP contribution in [0.5, 0.6) is 5.75 Å². The second-order valence-electron chi connectivity index (χ2n) is 4.50. The summed E-state index contributed by atoms with van der Waals surface area (Å²) < 4.78 is 18.3. The molecule has 0 aliphatic rings. The van der Waals surface area contributed by atoms with Crippen molar-refractivity contribution in [2.45, 2.75) is 19.1 Å². The van der Waals surface area contributed by atoms with Crippen molar-refractivity contribution in [3.05, 3.63) is 29.6 Å². The van der Waals surface area contributed by atoms with Gasteiger partial charge in [0.1, 0.15) is 0 Å². The van der Waals surface area contributed by atoms with Gasteiger partial charge in [0.15, 0.2) is 11.6 Å². The minimum Gasteiger partial charge on any atom is -0.494 e. The smallest absolute Gasteiger partial charge is 0.165 e. The zero-order chi connectivity index (χ0) is 13.6. The number of halogens is 1. The van der Waals surface area contributed by atoms with Crippen molar-refractivity contribution >= 4 is 11.8 Å². The van der Waals surface area contributed by atoms with E-state index in [1.165, 1.54) is 13.2 Å². The molecule has 1 rings (SSSR count). The number of rotatable bonds is 7. The molecule has 1 atom stereocenters. The fourth-order valence-corrected chi connectivity index (χ4v) is 2.38. The van der Waals surface area contributed by atoms with Gasteiger partial charge < -0.3 is 15.2 Å². The zero-order valence-corrected chi connectivity index (χ0v) is 11.8. The molecule has 1 aromatic rings. The number of methoxy groups -OCH3 is 1. The molecule has 1 unspecified atom stereocenters. The first-order chi connectivity index (χ1) is 8.48. The van der Waals surface area contributed by atoms with Gasteiger partial charge in [0.05, 0.1) is 12.7 Å². The van der Waals surface area contributed by atoms with Crippen molar-refractivity contribution in [2.24, 2.45) is 0 Å². The van der Waals surface area contributed by atoms with Gasteiger partial charge in [0, 0.05) is 18.8 Å². The van der Waals surface area contributed by atoms with E-state index >= 15 is 0 Å². The number of hydrogen-bond acceptors (Lipinski definition) is 4. The predicted molar refractivity (Wildman–Crippen MR) is 73.7 cm³/mol. The third-order valence-corrected chi connectivity index (χ3v) is 3.42. The van der Waals surface area contributed by atoms with E-state index in [-0.39, 0.29) is 11.6 Å². The SMILES string of the molecule is COc1ccc(CNCC(C)(O)CSC)cc1F. The number of benzene rings is 1. The Hall–Kier alpha value is -0.780. The Bertz CT molecular complexity index is 385. The third kappa shape index (κ3) is 4.84. The quantitative estimate of drug-likeness (QED) is 0.798. The molecular weight excluding hydrogens is 253 g/mol. The van der Waals surface area contributed by atoms with E-state index in [0.717, 1.165) is 5.56 Å². The lowest BCUT2D eigenvalue weighted by Crippen LogP contribution is -2.39. The van der Waals surface area contributed by atoms with E-state index < -0.39 is 5.60 Å². The number of hydrogen-bond donors (Lipinski definition) is 2. The molecule has 0 heterocycles. The van der Waals surface area contributed by atoms with Crippen LogP contribution < -0.4 is 10.1 Å². The van der Waals surface area contributed by atoms with Gasteiger partial charge in [-0.1, -0.05) is 6.07 Å². The molecule has 0 spiro atoms. The Kier molecular flexibility index (Phi) is 5.91. The lowest BCUT2D eigenvalue weighted by atomic mass is 10.1. The summed E-state index contributed by atoms with van der Waals surface area (Å²) >= 11 is 1.60. The van der Waals surface area contributed by atoms with Gasteiger partial charge >= 0.3 is 0 Å². The Morgan fingerprint density at radius 2 is 2.22 bits per heavy atom. The first-order valence-electron chi connectivity index (χ1n) is 5.73. The van der Waals surface area contributed by atoms with E-state index in [1.807, 2.05) is 6.26 Å². The summed E-state index contributed by atoms with van der Waals surface area (Å²) in [6, 6.07) is 4.85. The average molecular weight is 273 g/mol. The zero-order valence-electron chi connectivity index (χ0n) is 11.0. The van der Waals surface area contributed by atoms with Crippen LogP contribution in [0.2, 0.25) is 0 Å². The molecular formula is C13H20FNO2S. The molecule has 0 aliphatic carbocycles. The standard InChI is InChI=1S/C13H20FNO2S/c1-13(16,9-18-3)8-15-7-10-4-5-12(17-2)11(14)6-10/h4-6,15-16H,7-9H2,1-3H3. The Labute approximate surface area is 112 Å². The highest BCUT2D eigenvalue weighted by Gasteiger charge is 2.18. The van der Waals surface area contributed by atoms with Crippen molar-refractivity contribution in [2.75, 3.05) is 25.7 Å². The topological polar surface area (TPSA) is 41.5 Å². The van der Waals surface area contributed by atoms with Crippen LogP contribution in [0.1, 0.15) is 12.5 Å². The fourth-order valence-electron chi connectivity index (χ4n) is 1.66. The maximum Gasteiger partial charge on any atom is 0.165 e. The first-order valence-corrected chi connectivity index (χ1v) is 7.12. The highest BCUT2D eigenvalue weighted by atomic mass is 32.2. The van der Waals surface area contributed by atoms with Gasteiger partial charge in [0.25, 0.3) is 0 Å². The van der Waals surface area contributed by atoms with Gasteiger partial charge in [-0.05, 0) is 30.9 Å². The highest BCUT2D eigenvalue weighted by Crippen LogP contribution is 2.17. The van der Waals surface area contributed by atoms with Crippen LogP contribution in [0.15, 0.2) is 18.2 Å². The molecule has 0 saturated carbocycles. The van der Waals surface area contributed by atoms with Crippen molar-refractivity contribution < 1.29 is 14.2 Å². The summed E-state index contributed by atoms with van der Waals surface area (Å²) in [6.07, 6.45) is 1.95. The summed E-state index contributed by atoms with van der Waals surface area (Å²) in [7, 11) is 1.44. The Morgan fingerprint density at radius 1 is 1.50 bits per heavy atom. The Balaban J connectivity index is 2.47. The van der Waals surface area contributed by atoms with Crippen LogP contribution in [-0.4, -0.2) is 36.4 Å². The maximum atomic E-state index is 13.4. The molecule has 5 heteroatoms. The fraction of sp³-hybridized carbons (Fsp3) is 0.538. The minimum absolute atomic E-state index is 0.244. The second kappa shape index (κ2) is 6.97. The molecule has 102 valence electrons. The molecule has 0 bridgehead atoms. The molecule has 0 amide bonds. The molecule has 0 aromatic heterocycles. The molecule has 3 nitrogen and oxygen atoms in total. The van der Waals surface area contributed by atoms with Crippen molar-refractivity contribution in [1.82, 2.24) is 5.32 Å². The van der Waals surface area contributed by atoms with Gasteiger partial charge in [0.2, 0.25) is 0 Å². The number of nitrogens with one attached hydrogen (secondary N) is 1. The van der Waals surface area contributed by atoms with Crippen molar-refractivity contribution in [3.8, 4) is 5.75 Å². The van der Waals surface area contributed by atoms with E-state index in [4.69, 9.17) is 4.74 Å². The Morgan fingerprint density at radius 3 is 2.78 bits per heavy atom. The number of ether oxygens (including phenoxy) is 1. The van der Waals surface area contributed by atoms with Crippen LogP contribution in [-0.2, 0) is 6.54 Å². The van der Waals surface area contributed by atoms with Crippen molar-refractivity contribution in [1.29, 1.82) is 0 Å². The molecule has 0 aliphatic heterocycles. The van der Waals surface area contributed by atoms with E-state index in [2.05, 4.69) is 5.32 Å². The lowest BCUT2D eigenvalue weighted by Gasteiger charge is -2.22. The van der Waals surface area contributed by atoms with Crippen LogP contribution in [0, 0.1) is 5.82 Å². The maximum absolute atomic E-state index is 13.4. The molecule has 18 heavy (non-hydrogen) atoms. The number of aliphatic hydroxyl groups is 1. The van der Waals surface area contributed by atoms with Gasteiger partial charge in [-0.15, -0.1) is 0 Å². The van der Waals surface area contributed by atoms with Crippen molar-refractivity contribution in [3.63, 3.8) is 0 Å². The molecule has 2 N–H and O–H groups in total. The second-order valence-corrected chi connectivity index (χ2v) is 5.37. The van der Waals surface area contributed by atoms with Crippen LogP contribution in [0.3, 0.4) is 0 Å². The molecule has 0 radical (unpaired) electrons. The normalized spacial score (nSPS) is 14.3. The molecule has 1 aromatic carbocycles. The van der Waals surface area contributed by atoms with Crippen LogP contribution in [0.25, 0.3) is 0 Å². The molecule has 0 fully saturated rings. The lowest BCUT2D eigenvalue weighted by molar-refractivity contribution is 0.0846. The largest absolute Gasteiger partial charge is 0.494 e. The van der Waals surface area contributed by atoms with Gasteiger partial charge in [-0.3, -0.25) is 0 Å². The summed E-state index contributed by atoms with van der Waals surface area (Å²) in [5.74, 6) is 0.539. The monoisotopic (exact) mass is 273 g/mol. The van der Waals surface area contributed by atoms with Gasteiger partial charge in [-0.2, -0.15) is 11.8 Å². The molecule has 0 saturated heterocycles. The van der Waals surface area contributed by atoms with Crippen LogP contribution >= 0.6 is 11.8 Å². The number of thioether (sulfide) groups is 1.